The number of aromatic nitrogens is 5. The molecule has 4 heterocycles. The van der Waals surface area contributed by atoms with Crippen molar-refractivity contribution in [2.45, 2.75) is 45.1 Å². The zero-order valence-corrected chi connectivity index (χ0v) is 24.8. The lowest BCUT2D eigenvalue weighted by molar-refractivity contribution is -0.0347. The summed E-state index contributed by atoms with van der Waals surface area (Å²) in [6, 6.07) is 26.9. The number of pyridine rings is 1. The van der Waals surface area contributed by atoms with Crippen LogP contribution in [0.1, 0.15) is 47.3 Å². The van der Waals surface area contributed by atoms with E-state index in [2.05, 4.69) is 51.1 Å². The Labute approximate surface area is 255 Å². The highest BCUT2D eigenvalue weighted by atomic mass is 16.5. The Kier molecular flexibility index (Phi) is 7.54. The minimum Gasteiger partial charge on any atom is -0.462 e. The summed E-state index contributed by atoms with van der Waals surface area (Å²) in [5, 5.41) is 5.57. The van der Waals surface area contributed by atoms with Gasteiger partial charge in [-0.15, -0.1) is 0 Å². The number of anilines is 1. The maximum atomic E-state index is 12.9. The van der Waals surface area contributed by atoms with Crippen molar-refractivity contribution < 1.29 is 14.3 Å². The number of hydrogen-bond donors (Lipinski definition) is 0. The number of ether oxygens (including phenoxy) is 2. The molecule has 7 rings (SSSR count). The Morgan fingerprint density at radius 2 is 1.73 bits per heavy atom. The van der Waals surface area contributed by atoms with Crippen LogP contribution in [-0.2, 0) is 22.6 Å². The van der Waals surface area contributed by atoms with E-state index in [1.807, 2.05) is 61.8 Å². The molecule has 0 atom stereocenters. The van der Waals surface area contributed by atoms with Crippen molar-refractivity contribution in [1.82, 2.24) is 24.1 Å². The smallest absolute Gasteiger partial charge is 0.343 e. The van der Waals surface area contributed by atoms with Gasteiger partial charge < -0.3 is 18.9 Å². The molecule has 9 nitrogen and oxygen atoms in total. The van der Waals surface area contributed by atoms with Gasteiger partial charge in [0.1, 0.15) is 17.0 Å². The molecule has 9 heteroatoms. The van der Waals surface area contributed by atoms with Crippen molar-refractivity contribution in [3.8, 4) is 11.3 Å². The Hall–Kier alpha value is -5.02. The molecule has 1 fully saturated rings. The third kappa shape index (κ3) is 5.31. The second-order valence-corrected chi connectivity index (χ2v) is 11.2. The van der Waals surface area contributed by atoms with E-state index >= 15 is 0 Å². The number of carbonyl (C=O) groups is 1. The largest absolute Gasteiger partial charge is 0.462 e. The standard InChI is InChI=1S/C35H34N6O3/c1-3-43-35(42)29-20-37-41-32(39(2)21-24-11-6-4-7-12-24)19-31(38-34(29)41)30-22-40(33-28(30)15-10-16-36-33)26-17-27(18-26)44-23-25-13-8-5-9-14-25/h4-16,19-20,22,26-27H,3,17-18,21,23H2,1-2H3/t26-,27+. The molecule has 0 unspecified atom stereocenters. The van der Waals surface area contributed by atoms with Gasteiger partial charge in [0.05, 0.1) is 31.2 Å². The van der Waals surface area contributed by atoms with Crippen molar-refractivity contribution in [2.24, 2.45) is 0 Å². The van der Waals surface area contributed by atoms with Crippen LogP contribution in [0.2, 0.25) is 0 Å². The summed E-state index contributed by atoms with van der Waals surface area (Å²) in [4.78, 5) is 24.8. The number of rotatable bonds is 10. The van der Waals surface area contributed by atoms with Crippen molar-refractivity contribution in [1.29, 1.82) is 0 Å². The summed E-state index contributed by atoms with van der Waals surface area (Å²) in [7, 11) is 2.02. The zero-order valence-electron chi connectivity index (χ0n) is 24.8. The maximum absolute atomic E-state index is 12.9. The van der Waals surface area contributed by atoms with Gasteiger partial charge in [0.25, 0.3) is 0 Å². The Balaban J connectivity index is 1.25. The fourth-order valence-electron chi connectivity index (χ4n) is 5.90. The van der Waals surface area contributed by atoms with E-state index in [0.29, 0.717) is 24.4 Å². The van der Waals surface area contributed by atoms with E-state index in [9.17, 15) is 4.79 Å². The average Bonchev–Trinajstić information content (AvgIpc) is 3.63. The molecule has 1 aliphatic rings. The molecule has 44 heavy (non-hydrogen) atoms. The number of fused-ring (bicyclic) bond motifs is 2. The monoisotopic (exact) mass is 586 g/mol. The van der Waals surface area contributed by atoms with Crippen molar-refractivity contribution in [3.05, 3.63) is 114 Å². The molecular formula is C35H34N6O3. The zero-order chi connectivity index (χ0) is 30.0. The van der Waals surface area contributed by atoms with Crippen molar-refractivity contribution >= 4 is 28.5 Å². The number of benzene rings is 2. The first-order chi connectivity index (χ1) is 21.6. The van der Waals surface area contributed by atoms with Crippen LogP contribution in [-0.4, -0.2) is 49.9 Å². The van der Waals surface area contributed by atoms with E-state index in [1.165, 1.54) is 5.56 Å². The summed E-state index contributed by atoms with van der Waals surface area (Å²) in [6.45, 7) is 3.34. The Morgan fingerprint density at radius 3 is 2.48 bits per heavy atom. The number of nitrogens with zero attached hydrogens (tertiary/aromatic N) is 6. The summed E-state index contributed by atoms with van der Waals surface area (Å²) < 4.78 is 15.5. The highest BCUT2D eigenvalue weighted by molar-refractivity contribution is 5.98. The van der Waals surface area contributed by atoms with Gasteiger partial charge in [-0.05, 0) is 43.0 Å². The molecule has 6 aromatic rings. The summed E-state index contributed by atoms with van der Waals surface area (Å²) >= 11 is 0. The third-order valence-electron chi connectivity index (χ3n) is 8.26. The number of carbonyl (C=O) groups excluding carboxylic acids is 1. The van der Waals surface area contributed by atoms with Gasteiger partial charge in [0.15, 0.2) is 5.65 Å². The lowest BCUT2D eigenvalue weighted by atomic mass is 9.89. The average molecular weight is 587 g/mol. The van der Waals surface area contributed by atoms with Gasteiger partial charge in [-0.1, -0.05) is 60.7 Å². The van der Waals surface area contributed by atoms with Crippen LogP contribution >= 0.6 is 0 Å². The molecule has 0 saturated heterocycles. The van der Waals surface area contributed by atoms with Crippen LogP contribution in [0.3, 0.4) is 0 Å². The molecule has 0 spiro atoms. The molecule has 0 amide bonds. The SMILES string of the molecule is CCOC(=O)c1cnn2c(N(C)Cc3ccccc3)cc(-c3cn([C@H]4C[C@@H](OCc5ccccc5)C4)c4ncccc34)nc12. The molecule has 0 bridgehead atoms. The minimum atomic E-state index is -0.441. The number of hydrogen-bond acceptors (Lipinski definition) is 7. The highest BCUT2D eigenvalue weighted by Gasteiger charge is 2.33. The van der Waals surface area contributed by atoms with Gasteiger partial charge in [0, 0.05) is 49.0 Å². The van der Waals surface area contributed by atoms with Gasteiger partial charge in [-0.2, -0.15) is 9.61 Å². The van der Waals surface area contributed by atoms with E-state index in [0.717, 1.165) is 46.5 Å². The van der Waals surface area contributed by atoms with Crippen LogP contribution < -0.4 is 4.90 Å². The quantitative estimate of drug-likeness (QED) is 0.170. The molecule has 222 valence electrons. The minimum absolute atomic E-state index is 0.205. The van der Waals surface area contributed by atoms with Crippen LogP contribution in [0.25, 0.3) is 27.9 Å². The molecular weight excluding hydrogens is 552 g/mol. The van der Waals surface area contributed by atoms with Crippen LogP contribution in [0.4, 0.5) is 5.82 Å². The molecule has 0 aliphatic heterocycles. The van der Waals surface area contributed by atoms with E-state index in [1.54, 1.807) is 17.6 Å². The maximum Gasteiger partial charge on any atom is 0.343 e. The predicted molar refractivity (Wildman–Crippen MR) is 170 cm³/mol. The molecule has 2 aromatic carbocycles. The lowest BCUT2D eigenvalue weighted by Crippen LogP contribution is -2.33. The number of esters is 1. The van der Waals surface area contributed by atoms with Crippen LogP contribution in [0, 0.1) is 0 Å². The third-order valence-corrected chi connectivity index (χ3v) is 8.26. The highest BCUT2D eigenvalue weighted by Crippen LogP contribution is 2.40. The van der Waals surface area contributed by atoms with Crippen molar-refractivity contribution in [3.63, 3.8) is 0 Å². The molecule has 1 saturated carbocycles. The van der Waals surface area contributed by atoms with Gasteiger partial charge in [0.2, 0.25) is 0 Å². The Bertz CT molecular complexity index is 1910. The molecule has 0 radical (unpaired) electrons. The second kappa shape index (κ2) is 11.9. The molecule has 0 N–H and O–H groups in total. The summed E-state index contributed by atoms with van der Waals surface area (Å²) in [6.07, 6.45) is 7.56. The van der Waals surface area contributed by atoms with Crippen molar-refractivity contribution in [2.75, 3.05) is 18.6 Å². The molecule has 4 aromatic heterocycles. The van der Waals surface area contributed by atoms with E-state index in [4.69, 9.17) is 19.4 Å². The Morgan fingerprint density at radius 1 is 0.977 bits per heavy atom. The van der Waals surface area contributed by atoms with Crippen LogP contribution in [0.15, 0.2) is 97.5 Å². The first-order valence-electron chi connectivity index (χ1n) is 15.0. The summed E-state index contributed by atoms with van der Waals surface area (Å²) in [5.41, 5.74) is 5.74. The fourth-order valence-corrected chi connectivity index (χ4v) is 5.90. The van der Waals surface area contributed by atoms with Gasteiger partial charge in [-0.3, -0.25) is 0 Å². The first kappa shape index (κ1) is 27.8. The first-order valence-corrected chi connectivity index (χ1v) is 15.0. The van der Waals surface area contributed by atoms with Gasteiger partial charge >= 0.3 is 5.97 Å². The molecule has 1 aliphatic carbocycles. The summed E-state index contributed by atoms with van der Waals surface area (Å²) in [5.74, 6) is 0.371. The van der Waals surface area contributed by atoms with Gasteiger partial charge in [-0.25, -0.2) is 14.8 Å². The predicted octanol–water partition coefficient (Wildman–Crippen LogP) is 6.48. The van der Waals surface area contributed by atoms with Crippen LogP contribution in [0.5, 0.6) is 0 Å². The fraction of sp³-hybridized carbons (Fsp3) is 0.257. The second-order valence-electron chi connectivity index (χ2n) is 11.2. The van der Waals surface area contributed by atoms with E-state index in [-0.39, 0.29) is 18.8 Å². The lowest BCUT2D eigenvalue weighted by Gasteiger charge is -2.36. The normalized spacial score (nSPS) is 16.2. The van der Waals surface area contributed by atoms with E-state index < -0.39 is 5.97 Å². The topological polar surface area (TPSA) is 86.8 Å².